The van der Waals surface area contributed by atoms with Crippen LogP contribution in [0.4, 0.5) is 0 Å². The van der Waals surface area contributed by atoms with E-state index in [0.29, 0.717) is 67.3 Å². The second-order valence-electron chi connectivity index (χ2n) is 20.2. The van der Waals surface area contributed by atoms with Crippen molar-refractivity contribution in [1.82, 2.24) is 5.32 Å². The van der Waals surface area contributed by atoms with Gasteiger partial charge in [0.25, 0.3) is 0 Å². The number of aliphatic hydroxyl groups is 2. The van der Waals surface area contributed by atoms with Gasteiger partial charge < -0.3 is 59.3 Å². The van der Waals surface area contributed by atoms with Crippen LogP contribution in [-0.2, 0) is 15.9 Å². The first-order valence-corrected chi connectivity index (χ1v) is 25.5. The van der Waals surface area contributed by atoms with E-state index in [-0.39, 0.29) is 48.2 Å². The number of phenolic OH excluding ortho intramolecular Hbond substituents is 3. The number of aromatic hydroxyl groups is 3. The van der Waals surface area contributed by atoms with E-state index < -0.39 is 36.3 Å². The van der Waals surface area contributed by atoms with Crippen LogP contribution in [0.25, 0.3) is 21.9 Å². The Morgan fingerprint density at radius 1 is 0.710 bits per heavy atom. The third kappa shape index (κ3) is 10.2. The smallest absolute Gasteiger partial charge is 0.133 e. The van der Waals surface area contributed by atoms with Gasteiger partial charge in [0.1, 0.15) is 46.4 Å². The lowest BCUT2D eigenvalue weighted by Crippen LogP contribution is -2.51. The summed E-state index contributed by atoms with van der Waals surface area (Å²) in [5.41, 5.74) is 4.73. The summed E-state index contributed by atoms with van der Waals surface area (Å²) < 4.78 is 41.1. The first-order chi connectivity index (χ1) is 33.6. The summed E-state index contributed by atoms with van der Waals surface area (Å²) in [4.78, 5) is 0. The second kappa shape index (κ2) is 21.0. The minimum Gasteiger partial charge on any atom is -0.508 e. The summed E-state index contributed by atoms with van der Waals surface area (Å²) in [5.74, 6) is 1.98. The van der Waals surface area contributed by atoms with Crippen molar-refractivity contribution in [2.45, 2.75) is 145 Å². The maximum atomic E-state index is 13.2. The molecule has 10 rings (SSSR count). The summed E-state index contributed by atoms with van der Waals surface area (Å²) in [6, 6.07) is 23.7. The maximum Gasteiger partial charge on any atom is 0.133 e. The molecular formula is C57H69NO11. The predicted molar refractivity (Wildman–Crippen MR) is 264 cm³/mol. The molecular weight excluding hydrogens is 875 g/mol. The molecule has 0 aromatic heterocycles. The molecule has 3 aliphatic carbocycles. The number of ether oxygens (including phenoxy) is 6. The molecule has 8 unspecified atom stereocenters. The molecule has 5 aromatic rings. The molecule has 2 heterocycles. The highest BCUT2D eigenvalue weighted by Gasteiger charge is 2.50. The molecule has 368 valence electrons. The molecule has 0 spiro atoms. The van der Waals surface area contributed by atoms with E-state index in [0.717, 1.165) is 96.4 Å². The van der Waals surface area contributed by atoms with Crippen LogP contribution in [0.1, 0.15) is 124 Å². The highest BCUT2D eigenvalue weighted by atomic mass is 16.5. The molecule has 6 N–H and O–H groups in total. The van der Waals surface area contributed by atoms with Crippen LogP contribution < -0.4 is 24.3 Å². The van der Waals surface area contributed by atoms with Crippen LogP contribution in [0.2, 0.25) is 0 Å². The maximum absolute atomic E-state index is 13.2. The summed E-state index contributed by atoms with van der Waals surface area (Å²) in [5, 5.41) is 61.6. The Balaban J connectivity index is 1.10. The molecule has 8 atom stereocenters. The lowest BCUT2D eigenvalue weighted by molar-refractivity contribution is -0.151. The predicted octanol–water partition coefficient (Wildman–Crippen LogP) is 10.4. The molecule has 3 fully saturated rings. The van der Waals surface area contributed by atoms with E-state index in [2.05, 4.69) is 11.4 Å². The highest BCUT2D eigenvalue weighted by molar-refractivity contribution is 5.96. The normalized spacial score (nSPS) is 26.2. The minimum absolute atomic E-state index is 0.0177. The van der Waals surface area contributed by atoms with E-state index in [1.807, 2.05) is 37.4 Å². The Labute approximate surface area is 405 Å². The van der Waals surface area contributed by atoms with Crippen LogP contribution in [0.3, 0.4) is 0 Å². The zero-order chi connectivity index (χ0) is 47.6. The number of benzene rings is 5. The van der Waals surface area contributed by atoms with Crippen LogP contribution in [0.5, 0.6) is 40.2 Å². The topological polar surface area (TPSA) is 169 Å². The average molecular weight is 944 g/mol. The third-order valence-electron chi connectivity index (χ3n) is 15.6. The van der Waals surface area contributed by atoms with Gasteiger partial charge in [-0.15, -0.1) is 0 Å². The summed E-state index contributed by atoms with van der Waals surface area (Å²) in [6.45, 7) is 0.672. The van der Waals surface area contributed by atoms with Crippen molar-refractivity contribution in [3.05, 3.63) is 101 Å². The zero-order valence-electron chi connectivity index (χ0n) is 40.0. The molecule has 0 saturated heterocycles. The van der Waals surface area contributed by atoms with E-state index in [1.165, 1.54) is 6.42 Å². The molecule has 3 saturated carbocycles. The molecule has 0 radical (unpaired) electrons. The number of hydrogen-bond donors (Lipinski definition) is 6. The molecule has 0 amide bonds. The quantitative estimate of drug-likeness (QED) is 0.0551. The average Bonchev–Trinajstić information content (AvgIpc) is 3.86. The largest absolute Gasteiger partial charge is 0.508 e. The van der Waals surface area contributed by atoms with Crippen molar-refractivity contribution in [2.24, 2.45) is 11.8 Å². The van der Waals surface area contributed by atoms with Crippen molar-refractivity contribution >= 4 is 10.8 Å². The fourth-order valence-corrected chi connectivity index (χ4v) is 12.1. The Morgan fingerprint density at radius 2 is 1.46 bits per heavy atom. The van der Waals surface area contributed by atoms with Crippen molar-refractivity contribution in [2.75, 3.05) is 27.4 Å². The Hall–Kier alpha value is -5.24. The number of likely N-dealkylation sites (N-methyl/N-ethyl adjacent to an activating group) is 1. The monoisotopic (exact) mass is 943 g/mol. The molecule has 12 nitrogen and oxygen atoms in total. The van der Waals surface area contributed by atoms with Gasteiger partial charge in [-0.2, -0.15) is 0 Å². The number of rotatable bonds is 15. The molecule has 5 aliphatic rings. The van der Waals surface area contributed by atoms with Gasteiger partial charge in [-0.05, 0) is 161 Å². The minimum atomic E-state index is -1.03. The van der Waals surface area contributed by atoms with Crippen LogP contribution in [-0.4, -0.2) is 89.5 Å². The van der Waals surface area contributed by atoms with Gasteiger partial charge in [-0.1, -0.05) is 24.6 Å². The number of aliphatic hydroxyl groups excluding tert-OH is 2. The van der Waals surface area contributed by atoms with Crippen LogP contribution in [0.15, 0.2) is 78.9 Å². The molecule has 2 aliphatic heterocycles. The summed E-state index contributed by atoms with van der Waals surface area (Å²) >= 11 is 0. The van der Waals surface area contributed by atoms with Gasteiger partial charge in [0.15, 0.2) is 0 Å². The van der Waals surface area contributed by atoms with E-state index in [4.69, 9.17) is 28.4 Å². The molecule has 0 bridgehead atoms. The van der Waals surface area contributed by atoms with Gasteiger partial charge in [0.05, 0.1) is 43.2 Å². The number of fused-ring (bicyclic) bond motifs is 4. The second-order valence-corrected chi connectivity index (χ2v) is 20.2. The molecule has 12 heteroatoms. The number of nitrogens with one attached hydrogen (secondary N) is 1. The van der Waals surface area contributed by atoms with Crippen molar-refractivity contribution in [3.63, 3.8) is 0 Å². The number of hydrogen-bond acceptors (Lipinski definition) is 12. The van der Waals surface area contributed by atoms with E-state index >= 15 is 0 Å². The van der Waals surface area contributed by atoms with Gasteiger partial charge in [0.2, 0.25) is 0 Å². The van der Waals surface area contributed by atoms with Gasteiger partial charge in [0, 0.05) is 71.9 Å². The van der Waals surface area contributed by atoms with Crippen LogP contribution in [0, 0.1) is 11.8 Å². The third-order valence-corrected chi connectivity index (χ3v) is 15.6. The Kier molecular flexibility index (Phi) is 14.4. The fraction of sp³-hybridized carbons (Fsp3) is 0.509. The van der Waals surface area contributed by atoms with Gasteiger partial charge >= 0.3 is 0 Å². The number of methoxy groups -OCH3 is 1. The summed E-state index contributed by atoms with van der Waals surface area (Å²) in [7, 11) is 3.64. The van der Waals surface area contributed by atoms with Crippen molar-refractivity contribution in [1.29, 1.82) is 0 Å². The SMILES string of the molecule is CNC1CCC(O)CC1OC1c2cc(OC3CCCCC3)c3cc(O)ccc3c2OC(CCCOC)C1C1COc2c(Cc3cc(O)ccc3-c3cccc(O)c3)cc(OC3CCCC3)cc2C1O. The lowest BCUT2D eigenvalue weighted by Gasteiger charge is -2.48. The zero-order valence-corrected chi connectivity index (χ0v) is 40.0. The van der Waals surface area contributed by atoms with Crippen molar-refractivity contribution in [3.8, 4) is 51.4 Å². The van der Waals surface area contributed by atoms with E-state index in [1.54, 1.807) is 49.6 Å². The van der Waals surface area contributed by atoms with Crippen LogP contribution >= 0.6 is 0 Å². The highest BCUT2D eigenvalue weighted by Crippen LogP contribution is 2.56. The van der Waals surface area contributed by atoms with Gasteiger partial charge in [-0.25, -0.2) is 0 Å². The number of phenols is 3. The molecule has 69 heavy (non-hydrogen) atoms. The Bertz CT molecular complexity index is 2570. The first-order valence-electron chi connectivity index (χ1n) is 25.5. The molecule has 5 aromatic carbocycles. The Morgan fingerprint density at radius 3 is 2.25 bits per heavy atom. The van der Waals surface area contributed by atoms with E-state index in [9.17, 15) is 25.5 Å². The van der Waals surface area contributed by atoms with Gasteiger partial charge in [-0.3, -0.25) is 0 Å². The lowest BCUT2D eigenvalue weighted by atomic mass is 9.72. The standard InChI is InChI=1S/C57H69NO11/c1-58-49-22-19-39(62)29-52(49)69-57-47-31-51(67-41-12-4-3-5-13-41)45-28-38(61)18-21-44(45)56(47)68-50(16-9-23-64-2)53(57)48-32-65-55-35(27-42(30-46(55)54(48)63)66-40-14-6-7-15-40)24-34-26-37(60)17-20-43(34)33-10-8-11-36(59)25-33/h8,10-11,17-18,20-21,25-28,30-31,39-41,48-50,52-54,57-63H,3-7,9,12-16,19,22-24,29,32H2,1-2H3. The first kappa shape index (κ1) is 47.4. The fourth-order valence-electron chi connectivity index (χ4n) is 12.1. The summed E-state index contributed by atoms with van der Waals surface area (Å²) in [6.07, 6.45) is 9.96. The van der Waals surface area contributed by atoms with Crippen molar-refractivity contribution < 1.29 is 54.0 Å².